The zero-order valence-electron chi connectivity index (χ0n) is 65.6. The van der Waals surface area contributed by atoms with Crippen LogP contribution in [0, 0.1) is 98.7 Å². The molecule has 0 amide bonds. The summed E-state index contributed by atoms with van der Waals surface area (Å²) >= 11 is 0. The maximum Gasteiger partial charge on any atom is 1.00 e. The van der Waals surface area contributed by atoms with Gasteiger partial charge in [-0.05, 0) is 238 Å². The Morgan fingerprint density at radius 2 is 0.690 bits per heavy atom. The molecule has 16 aliphatic rings. The van der Waals surface area contributed by atoms with Crippen molar-refractivity contribution in [1.29, 1.82) is 0 Å². The molecule has 4 saturated heterocycles. The average molecular weight is 1740 g/mol. The second-order valence-corrected chi connectivity index (χ2v) is 40.7. The molecule has 28 heteroatoms. The Bertz CT molecular complexity index is 4440. The Morgan fingerprint density at radius 1 is 0.397 bits per heavy atom. The van der Waals surface area contributed by atoms with Gasteiger partial charge >= 0.3 is 65.4 Å². The molecule has 6 aromatic carbocycles. The molecule has 0 N–H and O–H groups in total. The number of carbonyl (C=O) groups excluding carboxylic acids is 8. The van der Waals surface area contributed by atoms with E-state index in [1.807, 2.05) is 52.0 Å². The number of benzene rings is 6. The molecule has 22 rings (SSSR count). The van der Waals surface area contributed by atoms with Crippen LogP contribution in [0.15, 0.2) is 175 Å². The van der Waals surface area contributed by atoms with Gasteiger partial charge in [-0.25, -0.2) is 26.4 Å². The molecule has 4 aliphatic heterocycles. The summed E-state index contributed by atoms with van der Waals surface area (Å²) in [6.45, 7) is 7.94. The van der Waals surface area contributed by atoms with Crippen LogP contribution in [0.25, 0.3) is 0 Å². The molecule has 14 unspecified atom stereocenters. The second kappa shape index (κ2) is 36.2. The van der Waals surface area contributed by atoms with Gasteiger partial charge < -0.3 is 64.0 Å². The first-order valence-corrected chi connectivity index (χ1v) is 45.4. The van der Waals surface area contributed by atoms with Crippen LogP contribution in [0.3, 0.4) is 0 Å². The van der Waals surface area contributed by atoms with Crippen LogP contribution in [0.5, 0.6) is 11.5 Å². The summed E-state index contributed by atoms with van der Waals surface area (Å²) in [5, 5.41) is 0. The third kappa shape index (κ3) is 20.1. The number of hydrogen-bond acceptors (Lipinski definition) is 22. The number of ketones is 2. The van der Waals surface area contributed by atoms with E-state index in [1.54, 1.807) is 0 Å². The number of hydrogen-bond donors (Lipinski definition) is 0. The number of halogens is 1. The second-order valence-electron chi connectivity index (χ2n) is 33.8. The zero-order chi connectivity index (χ0) is 80.1. The molecular weight excluding hydrogens is 1640 g/mol. The third-order valence-electron chi connectivity index (χ3n) is 25.3. The Balaban J connectivity index is 0.000000139. The summed E-state index contributed by atoms with van der Waals surface area (Å²) in [7, 11) is -9.79. The van der Waals surface area contributed by atoms with Crippen molar-refractivity contribution in [3.8, 4) is 11.5 Å². The summed E-state index contributed by atoms with van der Waals surface area (Å²) in [4.78, 5) is 105. The van der Waals surface area contributed by atoms with Crippen molar-refractivity contribution in [2.45, 2.75) is 208 Å². The van der Waals surface area contributed by atoms with Gasteiger partial charge in [-0.2, -0.15) is 0 Å². The van der Waals surface area contributed by atoms with E-state index in [0.717, 1.165) is 98.0 Å². The van der Waals surface area contributed by atoms with Gasteiger partial charge in [-0.15, -0.1) is 0 Å². The van der Waals surface area contributed by atoms with Gasteiger partial charge in [0.1, 0.15) is 90.4 Å². The van der Waals surface area contributed by atoms with Crippen LogP contribution in [0.1, 0.15) is 138 Å². The number of carbonyl (C=O) groups is 8. The normalized spacial score (nSPS) is 30.1. The van der Waals surface area contributed by atoms with Gasteiger partial charge in [0.15, 0.2) is 42.6 Å². The van der Waals surface area contributed by atoms with Crippen molar-refractivity contribution >= 4 is 89.4 Å². The van der Waals surface area contributed by atoms with E-state index in [4.69, 9.17) is 37.9 Å². The zero-order valence-corrected chi connectivity index (χ0v) is 72.5. The van der Waals surface area contributed by atoms with Crippen molar-refractivity contribution in [3.05, 3.63) is 168 Å². The average Bonchev–Trinajstić information content (AvgIpc) is 0.799. The Morgan fingerprint density at radius 3 is 0.983 bits per heavy atom. The predicted molar refractivity (Wildman–Crippen MR) is 414 cm³/mol. The molecule has 16 fully saturated rings. The molecule has 0 radical (unpaired) electrons. The standard InChI is InChI=1S/2C32H33O4S.2C12H16O7S.BrH.Na/c2*1-21-13-28(37(26-9-5-3-6-10-26)27-11-7-4-8-12-27)14-22(2)31(21)35-20-29(33)36-32-17-23-15-24(18-32)30(34)25(16-23)19-32;2*13-10(5-20(15,16)17)19-11-7-1-6-2-8(4-7)12(14)18-9(11)3-6;;/h2*3-14,23-25H,15-20H2,1-2H3;2*6-9,11H,1-5H2,(H,15,16,17);1H;/q2*+1;;;;+1/p-3. The van der Waals surface area contributed by atoms with E-state index in [0.29, 0.717) is 86.6 Å². The number of fused-ring (bicyclic) bond motifs is 2. The van der Waals surface area contributed by atoms with Crippen LogP contribution in [-0.4, -0.2) is 134 Å². The minimum absolute atomic E-state index is 0. The summed E-state index contributed by atoms with van der Waals surface area (Å²) in [6.07, 6.45) is 12.1. The smallest absolute Gasteiger partial charge is 1.00 e. The fraction of sp³-hybridized carbons (Fsp3) is 0.500. The van der Waals surface area contributed by atoms with Gasteiger partial charge in [-0.3, -0.25) is 28.8 Å². The summed E-state index contributed by atoms with van der Waals surface area (Å²) in [6, 6.07) is 51.0. The molecule has 12 aliphatic carbocycles. The van der Waals surface area contributed by atoms with E-state index in [9.17, 15) is 64.3 Å². The quantitative estimate of drug-likeness (QED) is 0.0257. The van der Waals surface area contributed by atoms with Crippen molar-refractivity contribution < 1.29 is 149 Å². The van der Waals surface area contributed by atoms with E-state index < -0.39 is 79.3 Å². The van der Waals surface area contributed by atoms with E-state index in [-0.39, 0.29) is 153 Å². The Labute approximate surface area is 715 Å². The first-order chi connectivity index (χ1) is 54.4. The number of ether oxygens (including phenoxy) is 8. The minimum atomic E-state index is -4.65. The number of esters is 6. The summed E-state index contributed by atoms with van der Waals surface area (Å²) in [5.41, 5.74) is 3.11. The van der Waals surface area contributed by atoms with Gasteiger partial charge in [-0.1, -0.05) is 72.8 Å². The molecule has 14 atom stereocenters. The molecule has 12 saturated carbocycles. The van der Waals surface area contributed by atoms with Crippen molar-refractivity contribution in [2.24, 2.45) is 71.0 Å². The molecule has 4 heterocycles. The molecule has 0 aromatic heterocycles. The first-order valence-electron chi connectivity index (χ1n) is 39.8. The van der Waals surface area contributed by atoms with Crippen molar-refractivity contribution in [1.82, 2.24) is 0 Å². The molecular formula is C88H96BrNaO22S4. The van der Waals surface area contributed by atoms with Gasteiger partial charge in [0, 0.05) is 59.8 Å². The fourth-order valence-corrected chi connectivity index (χ4v) is 26.7. The fourth-order valence-electron chi connectivity index (χ4n) is 21.5. The largest absolute Gasteiger partial charge is 1.00 e. The van der Waals surface area contributed by atoms with Gasteiger partial charge in [0.25, 0.3) is 0 Å². The topological polar surface area (TPSA) is 325 Å². The minimum Gasteiger partial charge on any atom is -1.00 e. The molecule has 22 nitrogen and oxygen atoms in total. The van der Waals surface area contributed by atoms with E-state index >= 15 is 0 Å². The van der Waals surface area contributed by atoms with Crippen molar-refractivity contribution in [3.63, 3.8) is 0 Å². The molecule has 16 bridgehead atoms. The van der Waals surface area contributed by atoms with Crippen LogP contribution in [-0.2, 0) is 109 Å². The molecule has 6 aromatic rings. The van der Waals surface area contributed by atoms with Gasteiger partial charge in [0.2, 0.25) is 0 Å². The summed E-state index contributed by atoms with van der Waals surface area (Å²) in [5.74, 6) is -1.45. The van der Waals surface area contributed by atoms with E-state index in [1.165, 1.54) is 29.4 Å². The number of rotatable bonds is 20. The van der Waals surface area contributed by atoms with Crippen molar-refractivity contribution in [2.75, 3.05) is 24.7 Å². The maximum absolute atomic E-state index is 12.9. The Hall–Kier alpha value is -6.92. The first kappa shape index (κ1) is 86.9. The van der Waals surface area contributed by atoms with Crippen LogP contribution in [0.4, 0.5) is 0 Å². The predicted octanol–water partition coefficient (Wildman–Crippen LogP) is 6.56. The SMILES string of the molecule is Cc1cc([S+](c2ccccc2)c2ccccc2)cc(C)c1OCC(=O)OC12CC3CC(C1)C(=O)C(C3)C2.Cc1cc([S+](c2ccccc2)c2ccccc2)cc(C)c1OCC(=O)OC12CC3CC(C1)C(=O)C(C3)C2.O=C(CS(=O)(=O)[O-])OC1C2CC3CC(C2)C(=O)OC1C3.O=C(CS(=O)(=O)[O-])OC1C2CC3CC(C2)C(=O)OC1C3.[Br-].[Na+]. The third-order valence-corrected chi connectivity index (χ3v) is 30.8. The van der Waals surface area contributed by atoms with Crippen LogP contribution < -0.4 is 56.0 Å². The number of aryl methyl sites for hydroxylation is 4. The molecule has 116 heavy (non-hydrogen) atoms. The van der Waals surface area contributed by atoms with Crippen LogP contribution >= 0.6 is 0 Å². The molecule has 0 spiro atoms. The Kier molecular flexibility index (Phi) is 27.1. The molecule has 612 valence electrons. The van der Waals surface area contributed by atoms with Gasteiger partial charge in [0.05, 0.1) is 33.6 Å². The van der Waals surface area contributed by atoms with E-state index in [2.05, 4.69) is 121 Å². The number of Topliss-reactive ketones (excluding diaryl/α,β-unsaturated/α-hetero) is 2. The summed E-state index contributed by atoms with van der Waals surface area (Å²) < 4.78 is 109. The van der Waals surface area contributed by atoms with Crippen LogP contribution in [0.2, 0.25) is 0 Å². The monoisotopic (exact) mass is 1730 g/mol. The maximum atomic E-state index is 12.9.